The Balaban J connectivity index is 2.07. The quantitative estimate of drug-likeness (QED) is 0.509. The highest BCUT2D eigenvalue weighted by molar-refractivity contribution is 7.78. The van der Waals surface area contributed by atoms with Crippen LogP contribution in [0.25, 0.3) is 0 Å². The molecule has 2 fully saturated rings. The second kappa shape index (κ2) is 2.35. The van der Waals surface area contributed by atoms with Gasteiger partial charge in [-0.2, -0.15) is 0 Å². The SMILES string of the molecule is Cl[P@@]1OC[C@@H]2CCCN21. The predicted molar refractivity (Wildman–Crippen MR) is 38.5 cm³/mol. The molecule has 0 aromatic heterocycles. The van der Waals surface area contributed by atoms with Crippen LogP contribution in [-0.4, -0.2) is 23.9 Å². The second-order valence-corrected chi connectivity index (χ2v) is 4.57. The van der Waals surface area contributed by atoms with Gasteiger partial charge in [-0.3, -0.25) is 0 Å². The molecule has 4 heteroatoms. The van der Waals surface area contributed by atoms with E-state index in [2.05, 4.69) is 4.67 Å². The second-order valence-electron chi connectivity index (χ2n) is 2.48. The van der Waals surface area contributed by atoms with Crippen LogP contribution in [-0.2, 0) is 4.52 Å². The molecule has 0 N–H and O–H groups in total. The zero-order valence-corrected chi connectivity index (χ0v) is 6.74. The normalized spacial score (nSPS) is 43.7. The van der Waals surface area contributed by atoms with Crippen LogP contribution >= 0.6 is 18.9 Å². The van der Waals surface area contributed by atoms with Crippen molar-refractivity contribution >= 4 is 18.9 Å². The van der Waals surface area contributed by atoms with E-state index >= 15 is 0 Å². The first-order chi connectivity index (χ1) is 4.38. The molecule has 0 unspecified atom stereocenters. The molecule has 2 nitrogen and oxygen atoms in total. The van der Waals surface area contributed by atoms with E-state index in [9.17, 15) is 0 Å². The summed E-state index contributed by atoms with van der Waals surface area (Å²) >= 11 is 5.88. The van der Waals surface area contributed by atoms with Gasteiger partial charge in [0, 0.05) is 12.6 Å². The third-order valence-electron chi connectivity index (χ3n) is 1.92. The van der Waals surface area contributed by atoms with Gasteiger partial charge < -0.3 is 4.52 Å². The smallest absolute Gasteiger partial charge is 0.207 e. The number of hydrogen-bond acceptors (Lipinski definition) is 2. The van der Waals surface area contributed by atoms with Crippen LogP contribution in [0.4, 0.5) is 0 Å². The largest absolute Gasteiger partial charge is 0.330 e. The molecular weight excluding hydrogens is 156 g/mol. The third kappa shape index (κ3) is 0.988. The summed E-state index contributed by atoms with van der Waals surface area (Å²) in [6.45, 7) is 2.02. The van der Waals surface area contributed by atoms with Crippen molar-refractivity contribution in [3.05, 3.63) is 0 Å². The molecular formula is C5H9ClNOP. The van der Waals surface area contributed by atoms with Gasteiger partial charge in [-0.25, -0.2) is 4.67 Å². The highest BCUT2D eigenvalue weighted by Crippen LogP contribution is 2.55. The summed E-state index contributed by atoms with van der Waals surface area (Å²) in [7, 11) is -0.700. The lowest BCUT2D eigenvalue weighted by atomic mass is 10.2. The third-order valence-corrected chi connectivity index (χ3v) is 4.09. The van der Waals surface area contributed by atoms with E-state index in [4.69, 9.17) is 15.8 Å². The first kappa shape index (κ1) is 6.36. The Bertz CT molecular complexity index is 124. The van der Waals surface area contributed by atoms with Crippen LogP contribution in [0.2, 0.25) is 0 Å². The minimum atomic E-state index is -0.700. The van der Waals surface area contributed by atoms with E-state index in [1.165, 1.54) is 12.8 Å². The molecule has 2 heterocycles. The van der Waals surface area contributed by atoms with E-state index in [0.717, 1.165) is 13.2 Å². The Morgan fingerprint density at radius 2 is 2.56 bits per heavy atom. The summed E-state index contributed by atoms with van der Waals surface area (Å²) in [6.07, 6.45) is 2.59. The van der Waals surface area contributed by atoms with Crippen molar-refractivity contribution < 1.29 is 4.52 Å². The van der Waals surface area contributed by atoms with Crippen molar-refractivity contribution in [3.63, 3.8) is 0 Å². The van der Waals surface area contributed by atoms with Gasteiger partial charge in [-0.05, 0) is 24.1 Å². The molecule has 2 aliphatic heterocycles. The zero-order valence-electron chi connectivity index (χ0n) is 5.09. The number of halogens is 1. The van der Waals surface area contributed by atoms with E-state index < -0.39 is 7.65 Å². The van der Waals surface area contributed by atoms with Crippen LogP contribution in [0.5, 0.6) is 0 Å². The Hall–Kier alpha value is 0.640. The van der Waals surface area contributed by atoms with Gasteiger partial charge in [0.15, 0.2) is 0 Å². The van der Waals surface area contributed by atoms with Crippen molar-refractivity contribution in [2.24, 2.45) is 0 Å². The van der Waals surface area contributed by atoms with Crippen LogP contribution in [0.3, 0.4) is 0 Å². The number of rotatable bonds is 0. The first-order valence-electron chi connectivity index (χ1n) is 3.23. The fraction of sp³-hybridized carbons (Fsp3) is 1.00. The molecule has 0 aliphatic carbocycles. The summed E-state index contributed by atoms with van der Waals surface area (Å²) in [6, 6.07) is 0.661. The predicted octanol–water partition coefficient (Wildman–Crippen LogP) is 1.95. The summed E-state index contributed by atoms with van der Waals surface area (Å²) in [5.74, 6) is 0. The Morgan fingerprint density at radius 1 is 1.67 bits per heavy atom. The average Bonchev–Trinajstić information content (AvgIpc) is 2.35. The Labute approximate surface area is 60.8 Å². The van der Waals surface area contributed by atoms with Crippen LogP contribution in [0.1, 0.15) is 12.8 Å². The van der Waals surface area contributed by atoms with E-state index in [0.29, 0.717) is 6.04 Å². The minimum absolute atomic E-state index is 0.661. The summed E-state index contributed by atoms with van der Waals surface area (Å²) in [5.41, 5.74) is 0. The molecule has 0 saturated carbocycles. The molecule has 2 rings (SSSR count). The number of hydrogen-bond donors (Lipinski definition) is 0. The van der Waals surface area contributed by atoms with E-state index in [1.807, 2.05) is 0 Å². The van der Waals surface area contributed by atoms with Gasteiger partial charge in [-0.1, -0.05) is 0 Å². The number of nitrogens with zero attached hydrogens (tertiary/aromatic N) is 1. The maximum Gasteiger partial charge on any atom is 0.207 e. The molecule has 9 heavy (non-hydrogen) atoms. The van der Waals surface area contributed by atoms with Crippen LogP contribution in [0.15, 0.2) is 0 Å². The lowest BCUT2D eigenvalue weighted by Gasteiger charge is -2.13. The fourth-order valence-electron chi connectivity index (χ4n) is 1.42. The monoisotopic (exact) mass is 165 g/mol. The Morgan fingerprint density at radius 3 is 3.33 bits per heavy atom. The molecule has 0 aromatic rings. The molecule has 0 amide bonds. The van der Waals surface area contributed by atoms with Crippen LogP contribution < -0.4 is 0 Å². The van der Waals surface area contributed by atoms with Gasteiger partial charge in [0.1, 0.15) is 0 Å². The fourth-order valence-corrected chi connectivity index (χ4v) is 3.37. The van der Waals surface area contributed by atoms with Crippen molar-refractivity contribution in [2.45, 2.75) is 18.9 Å². The summed E-state index contributed by atoms with van der Waals surface area (Å²) in [5, 5.41) is 0. The van der Waals surface area contributed by atoms with Crippen molar-refractivity contribution in [1.82, 2.24) is 4.67 Å². The highest BCUT2D eigenvalue weighted by atomic mass is 35.7. The molecule has 52 valence electrons. The van der Waals surface area contributed by atoms with Crippen molar-refractivity contribution in [1.29, 1.82) is 0 Å². The number of fused-ring (bicyclic) bond motifs is 1. The van der Waals surface area contributed by atoms with Crippen molar-refractivity contribution in [2.75, 3.05) is 13.2 Å². The highest BCUT2D eigenvalue weighted by Gasteiger charge is 2.37. The minimum Gasteiger partial charge on any atom is -0.330 e. The average molecular weight is 166 g/mol. The lowest BCUT2D eigenvalue weighted by molar-refractivity contribution is 0.342. The topological polar surface area (TPSA) is 12.5 Å². The molecule has 0 radical (unpaired) electrons. The van der Waals surface area contributed by atoms with Gasteiger partial charge in [0.25, 0.3) is 0 Å². The maximum atomic E-state index is 5.88. The zero-order chi connectivity index (χ0) is 6.27. The molecule has 2 saturated heterocycles. The summed E-state index contributed by atoms with van der Waals surface area (Å²) < 4.78 is 7.56. The van der Waals surface area contributed by atoms with Gasteiger partial charge in [0.2, 0.25) is 7.65 Å². The lowest BCUT2D eigenvalue weighted by Crippen LogP contribution is -2.18. The van der Waals surface area contributed by atoms with E-state index in [-0.39, 0.29) is 0 Å². The maximum absolute atomic E-state index is 5.88. The Kier molecular flexibility index (Phi) is 1.66. The van der Waals surface area contributed by atoms with E-state index in [1.54, 1.807) is 0 Å². The molecule has 2 atom stereocenters. The standard InChI is InChI=1S/C5H9ClNOP/c6-9-7-3-1-2-5(7)4-8-9/h5H,1-4H2/t5-,9+/m0/s1. The molecule has 0 spiro atoms. The molecule has 0 aromatic carbocycles. The van der Waals surface area contributed by atoms with Crippen LogP contribution in [0, 0.1) is 0 Å². The summed E-state index contributed by atoms with van der Waals surface area (Å²) in [4.78, 5) is 0. The molecule has 2 aliphatic rings. The van der Waals surface area contributed by atoms with Gasteiger partial charge in [0.05, 0.1) is 6.61 Å². The first-order valence-corrected chi connectivity index (χ1v) is 5.35. The van der Waals surface area contributed by atoms with Gasteiger partial charge in [-0.15, -0.1) is 0 Å². The molecule has 0 bridgehead atoms. The van der Waals surface area contributed by atoms with Gasteiger partial charge >= 0.3 is 0 Å². The van der Waals surface area contributed by atoms with Crippen molar-refractivity contribution in [3.8, 4) is 0 Å².